The summed E-state index contributed by atoms with van der Waals surface area (Å²) in [7, 11) is 1.66. The highest BCUT2D eigenvalue weighted by atomic mass is 16.5. The predicted molar refractivity (Wildman–Crippen MR) is 43.2 cm³/mol. The molecule has 0 aromatic rings. The molecule has 2 nitrogen and oxygen atoms in total. The average Bonchev–Trinajstić information content (AvgIpc) is 2.00. The van der Waals surface area contributed by atoms with Crippen molar-refractivity contribution in [1.82, 2.24) is 0 Å². The fraction of sp³-hybridized carbons (Fsp3) is 0.875. The van der Waals surface area contributed by atoms with E-state index in [4.69, 9.17) is 4.74 Å². The summed E-state index contributed by atoms with van der Waals surface area (Å²) in [6.45, 7) is 6.26. The van der Waals surface area contributed by atoms with Crippen molar-refractivity contribution in [1.29, 1.82) is 0 Å². The molecule has 0 bridgehead atoms. The third-order valence-corrected chi connectivity index (χ3v) is 1.88. The summed E-state index contributed by atoms with van der Waals surface area (Å²) in [5, 5.41) is 0. The van der Waals surface area contributed by atoms with Gasteiger partial charge in [0.05, 0.1) is 0 Å². The zero-order valence-electron chi connectivity index (χ0n) is 7.27. The normalized spacial score (nSPS) is 10.0. The number of hydrogen-bond donors (Lipinski definition) is 0. The average molecular weight is 142 g/mol. The topological polar surface area (TPSA) is 13.6 Å². The molecule has 0 heterocycles. The predicted octanol–water partition coefficient (Wildman–Crippen LogP) is 2.50. The van der Waals surface area contributed by atoms with Gasteiger partial charge in [0.1, 0.15) is 5.60 Å². The van der Waals surface area contributed by atoms with E-state index in [9.17, 15) is 0 Å². The van der Waals surface area contributed by atoms with E-state index < -0.39 is 0 Å². The molecule has 58 valence electrons. The van der Waals surface area contributed by atoms with E-state index in [-0.39, 0.29) is 5.60 Å². The molecule has 10 heavy (non-hydrogen) atoms. The summed E-state index contributed by atoms with van der Waals surface area (Å²) in [4.78, 5) is 3.64. The Kier molecular flexibility index (Phi) is 3.87. The molecule has 0 amide bonds. The van der Waals surface area contributed by atoms with Crippen molar-refractivity contribution in [2.24, 2.45) is 0 Å². The highest BCUT2D eigenvalue weighted by Gasteiger charge is 2.21. The molecule has 0 fully saturated rings. The number of ether oxygens (including phenoxy) is 1. The van der Waals surface area contributed by atoms with Gasteiger partial charge in [-0.05, 0) is 24.6 Å². The van der Waals surface area contributed by atoms with Gasteiger partial charge >= 0.3 is 6.26 Å². The van der Waals surface area contributed by atoms with Crippen LogP contribution in [0.15, 0.2) is 0 Å². The first-order valence-electron chi connectivity index (χ1n) is 3.70. The molecule has 0 unspecified atom stereocenters. The second-order valence-corrected chi connectivity index (χ2v) is 2.57. The van der Waals surface area contributed by atoms with E-state index in [0.29, 0.717) is 0 Å². The Bertz CT molecular complexity index is 139. The lowest BCUT2D eigenvalue weighted by Gasteiger charge is -2.20. The molecule has 0 saturated carbocycles. The smallest absolute Gasteiger partial charge is 0.387 e. The monoisotopic (exact) mass is 142 g/mol. The fourth-order valence-corrected chi connectivity index (χ4v) is 0.550. The van der Waals surface area contributed by atoms with Crippen molar-refractivity contribution in [3.8, 4) is 6.26 Å². The molecule has 0 aliphatic carbocycles. The van der Waals surface area contributed by atoms with Crippen LogP contribution in [0.4, 0.5) is 0 Å². The summed E-state index contributed by atoms with van der Waals surface area (Å²) >= 11 is 0. The van der Waals surface area contributed by atoms with E-state index in [0.717, 1.165) is 12.8 Å². The summed E-state index contributed by atoms with van der Waals surface area (Å²) in [6.07, 6.45) is 4.50. The Balaban J connectivity index is 3.88. The lowest BCUT2D eigenvalue weighted by atomic mass is 10.0. The Morgan fingerprint density at radius 2 is 1.90 bits per heavy atom. The van der Waals surface area contributed by atoms with Gasteiger partial charge in [-0.25, -0.2) is 0 Å². The Morgan fingerprint density at radius 1 is 1.40 bits per heavy atom. The maximum atomic E-state index is 5.26. The van der Waals surface area contributed by atoms with Gasteiger partial charge in [-0.2, -0.15) is 0 Å². The summed E-state index contributed by atoms with van der Waals surface area (Å²) in [5.74, 6) is 0. The fourth-order valence-electron chi connectivity index (χ4n) is 0.550. The minimum atomic E-state index is -0.0699. The molecular formula is C8H16NO+. The lowest BCUT2D eigenvalue weighted by Crippen LogP contribution is -2.24. The van der Waals surface area contributed by atoms with Crippen LogP contribution in [0, 0.1) is 6.26 Å². The summed E-state index contributed by atoms with van der Waals surface area (Å²) < 4.78 is 5.26. The highest BCUT2D eigenvalue weighted by Crippen LogP contribution is 2.18. The van der Waals surface area contributed by atoms with Crippen LogP contribution in [0.5, 0.6) is 0 Å². The third-order valence-electron chi connectivity index (χ3n) is 1.88. The van der Waals surface area contributed by atoms with Crippen LogP contribution in [-0.2, 0) is 4.74 Å². The molecule has 0 aromatic carbocycles. The molecule has 0 N–H and O–H groups in total. The molecule has 0 aliphatic rings. The van der Waals surface area contributed by atoms with E-state index in [1.807, 2.05) is 0 Å². The molecule has 0 saturated heterocycles. The van der Waals surface area contributed by atoms with E-state index in [2.05, 4.69) is 31.9 Å². The SMILES string of the molecule is CCC(C)(CC)OC#[N+]C. The molecule has 0 aromatic heterocycles. The van der Waals surface area contributed by atoms with Gasteiger partial charge in [0.2, 0.25) is 0 Å². The van der Waals surface area contributed by atoms with Gasteiger partial charge in [0, 0.05) is 0 Å². The van der Waals surface area contributed by atoms with Crippen molar-refractivity contribution >= 4 is 0 Å². The van der Waals surface area contributed by atoms with Gasteiger partial charge in [0.15, 0.2) is 0 Å². The van der Waals surface area contributed by atoms with Gasteiger partial charge in [-0.15, -0.1) is 0 Å². The molecule has 0 spiro atoms. The van der Waals surface area contributed by atoms with Gasteiger partial charge in [0.25, 0.3) is 7.05 Å². The Hall–Kier alpha value is -0.710. The van der Waals surface area contributed by atoms with Crippen LogP contribution in [0.25, 0.3) is 4.85 Å². The number of nitrogens with zero attached hydrogens (tertiary/aromatic N) is 1. The van der Waals surface area contributed by atoms with Crippen molar-refractivity contribution in [3.05, 3.63) is 4.85 Å². The van der Waals surface area contributed by atoms with E-state index >= 15 is 0 Å². The highest BCUT2D eigenvalue weighted by molar-refractivity contribution is 4.79. The van der Waals surface area contributed by atoms with Crippen molar-refractivity contribution in [3.63, 3.8) is 0 Å². The maximum Gasteiger partial charge on any atom is 0.514 e. The first-order chi connectivity index (χ1) is 4.68. The zero-order chi connectivity index (χ0) is 8.04. The minimum Gasteiger partial charge on any atom is -0.387 e. The van der Waals surface area contributed by atoms with Crippen molar-refractivity contribution < 1.29 is 4.74 Å². The lowest BCUT2D eigenvalue weighted by molar-refractivity contribution is 0.0486. The van der Waals surface area contributed by atoms with Gasteiger partial charge in [-0.1, -0.05) is 13.8 Å². The maximum absolute atomic E-state index is 5.26. The Morgan fingerprint density at radius 3 is 2.20 bits per heavy atom. The van der Waals surface area contributed by atoms with E-state index in [1.54, 1.807) is 7.05 Å². The third kappa shape index (κ3) is 2.72. The zero-order valence-corrected chi connectivity index (χ0v) is 7.27. The van der Waals surface area contributed by atoms with Crippen LogP contribution >= 0.6 is 0 Å². The quantitative estimate of drug-likeness (QED) is 0.552. The van der Waals surface area contributed by atoms with Crippen LogP contribution < -0.4 is 0 Å². The Labute approximate surface area is 63.0 Å². The number of rotatable bonds is 3. The molecule has 0 rings (SSSR count). The first kappa shape index (κ1) is 9.29. The minimum absolute atomic E-state index is 0.0699. The molecule has 2 heteroatoms. The van der Waals surface area contributed by atoms with Crippen LogP contribution in [0.1, 0.15) is 33.6 Å². The molecular weight excluding hydrogens is 126 g/mol. The van der Waals surface area contributed by atoms with Crippen molar-refractivity contribution in [2.45, 2.75) is 39.2 Å². The first-order valence-corrected chi connectivity index (χ1v) is 3.70. The van der Waals surface area contributed by atoms with Crippen LogP contribution in [-0.4, -0.2) is 12.6 Å². The molecule has 0 atom stereocenters. The number of hydrogen-bond acceptors (Lipinski definition) is 1. The second kappa shape index (κ2) is 4.16. The molecule has 0 aliphatic heterocycles. The summed E-state index contributed by atoms with van der Waals surface area (Å²) in [6, 6.07) is 0. The van der Waals surface area contributed by atoms with E-state index in [1.165, 1.54) is 0 Å². The van der Waals surface area contributed by atoms with Gasteiger partial charge < -0.3 is 4.74 Å². The van der Waals surface area contributed by atoms with Crippen LogP contribution in [0.3, 0.4) is 0 Å². The van der Waals surface area contributed by atoms with Gasteiger partial charge in [-0.3, -0.25) is 0 Å². The van der Waals surface area contributed by atoms with Crippen molar-refractivity contribution in [2.75, 3.05) is 7.05 Å². The molecule has 0 radical (unpaired) electrons. The van der Waals surface area contributed by atoms with Crippen LogP contribution in [0.2, 0.25) is 0 Å². The standard InChI is InChI=1S/C8H16NO/c1-5-8(3,6-2)10-7-9-4/h5-6H2,1-4H3/q+1. The second-order valence-electron chi connectivity index (χ2n) is 2.57. The summed E-state index contributed by atoms with van der Waals surface area (Å²) in [5.41, 5.74) is -0.0699. The largest absolute Gasteiger partial charge is 0.514 e.